The summed E-state index contributed by atoms with van der Waals surface area (Å²) in [7, 11) is 0. The van der Waals surface area contributed by atoms with Crippen LogP contribution >= 0.6 is 11.6 Å². The predicted molar refractivity (Wildman–Crippen MR) is 121 cm³/mol. The van der Waals surface area contributed by atoms with E-state index in [0.29, 0.717) is 22.9 Å². The minimum absolute atomic E-state index is 0.172. The van der Waals surface area contributed by atoms with Crippen molar-refractivity contribution >= 4 is 29.6 Å². The van der Waals surface area contributed by atoms with Crippen LogP contribution in [-0.2, 0) is 11.4 Å². The smallest absolute Gasteiger partial charge is 0.259 e. The first-order valence-corrected chi connectivity index (χ1v) is 10.0. The van der Waals surface area contributed by atoms with Crippen LogP contribution in [0.5, 0.6) is 5.75 Å². The van der Waals surface area contributed by atoms with E-state index in [1.54, 1.807) is 12.1 Å². The highest BCUT2D eigenvalue weighted by Gasteiger charge is 2.09. The molecule has 3 aromatic rings. The molecule has 0 bridgehead atoms. The fourth-order valence-electron chi connectivity index (χ4n) is 2.73. The third-order valence-electron chi connectivity index (χ3n) is 4.38. The second kappa shape index (κ2) is 10.9. The van der Waals surface area contributed by atoms with E-state index in [1.807, 2.05) is 67.6 Å². The molecule has 0 spiro atoms. The molecule has 0 saturated heterocycles. The van der Waals surface area contributed by atoms with E-state index >= 15 is 0 Å². The molecule has 158 valence electrons. The molecule has 2 N–H and O–H groups in total. The molecule has 0 aromatic heterocycles. The average Bonchev–Trinajstić information content (AvgIpc) is 2.78. The number of benzene rings is 3. The van der Waals surface area contributed by atoms with Crippen molar-refractivity contribution in [1.82, 2.24) is 10.7 Å². The molecule has 2 amide bonds. The van der Waals surface area contributed by atoms with Crippen LogP contribution in [0.1, 0.15) is 27.0 Å². The summed E-state index contributed by atoms with van der Waals surface area (Å²) in [5.41, 5.74) is 5.54. The average molecular weight is 436 g/mol. The van der Waals surface area contributed by atoms with Gasteiger partial charge in [0.05, 0.1) is 12.8 Å². The van der Waals surface area contributed by atoms with Gasteiger partial charge in [-0.2, -0.15) is 5.10 Å². The monoisotopic (exact) mass is 435 g/mol. The second-order valence-electron chi connectivity index (χ2n) is 6.78. The van der Waals surface area contributed by atoms with Gasteiger partial charge in [0.1, 0.15) is 12.4 Å². The molecule has 0 aliphatic carbocycles. The van der Waals surface area contributed by atoms with Crippen molar-refractivity contribution in [2.75, 3.05) is 6.54 Å². The molecule has 7 heteroatoms. The first-order chi connectivity index (χ1) is 15.0. The number of hydrazone groups is 1. The normalized spacial score (nSPS) is 10.6. The lowest BCUT2D eigenvalue weighted by atomic mass is 10.1. The van der Waals surface area contributed by atoms with Gasteiger partial charge in [-0.1, -0.05) is 54.1 Å². The number of hydrogen-bond acceptors (Lipinski definition) is 4. The quantitative estimate of drug-likeness (QED) is 0.413. The number of rotatable bonds is 8. The Kier molecular flexibility index (Phi) is 7.79. The number of nitrogens with one attached hydrogen (secondary N) is 2. The Hall–Kier alpha value is -3.64. The number of carbonyl (C=O) groups excluding carboxylic acids is 2. The van der Waals surface area contributed by atoms with Crippen molar-refractivity contribution in [2.45, 2.75) is 13.5 Å². The molecule has 3 aromatic carbocycles. The molecule has 31 heavy (non-hydrogen) atoms. The number of hydrogen-bond donors (Lipinski definition) is 2. The lowest BCUT2D eigenvalue weighted by Gasteiger charge is -2.07. The zero-order valence-electron chi connectivity index (χ0n) is 17.0. The lowest BCUT2D eigenvalue weighted by Crippen LogP contribution is -2.35. The topological polar surface area (TPSA) is 79.8 Å². The van der Waals surface area contributed by atoms with Crippen molar-refractivity contribution in [2.24, 2.45) is 5.10 Å². The highest BCUT2D eigenvalue weighted by Crippen LogP contribution is 2.15. The Labute approximate surface area is 185 Å². The maximum absolute atomic E-state index is 12.1. The highest BCUT2D eigenvalue weighted by atomic mass is 35.5. The fourth-order valence-corrected chi connectivity index (χ4v) is 2.86. The van der Waals surface area contributed by atoms with Crippen LogP contribution in [0.15, 0.2) is 77.9 Å². The summed E-state index contributed by atoms with van der Waals surface area (Å²) in [6, 6.07) is 21.9. The van der Waals surface area contributed by atoms with Gasteiger partial charge in [-0.15, -0.1) is 0 Å². The van der Waals surface area contributed by atoms with Crippen molar-refractivity contribution < 1.29 is 14.3 Å². The van der Waals surface area contributed by atoms with Gasteiger partial charge in [-0.3, -0.25) is 9.59 Å². The molecule has 3 rings (SSSR count). The van der Waals surface area contributed by atoms with E-state index in [1.165, 1.54) is 6.21 Å². The van der Waals surface area contributed by atoms with E-state index in [4.69, 9.17) is 16.3 Å². The van der Waals surface area contributed by atoms with E-state index in [9.17, 15) is 9.59 Å². The molecular formula is C24H22ClN3O3. The first-order valence-electron chi connectivity index (χ1n) is 9.64. The SMILES string of the molecule is Cc1ccccc1C(=O)NCC(=O)NN=Cc1cccc(OCc2ccc(Cl)cc2)c1. The Morgan fingerprint density at radius 3 is 2.58 bits per heavy atom. The van der Waals surface area contributed by atoms with Gasteiger partial charge in [-0.25, -0.2) is 5.43 Å². The Bertz CT molecular complexity index is 1080. The molecule has 0 fully saturated rings. The first kappa shape index (κ1) is 22.1. The number of nitrogens with zero attached hydrogens (tertiary/aromatic N) is 1. The summed E-state index contributed by atoms with van der Waals surface area (Å²) in [5, 5.41) is 7.19. The van der Waals surface area contributed by atoms with Crippen molar-refractivity contribution in [3.63, 3.8) is 0 Å². The minimum Gasteiger partial charge on any atom is -0.489 e. The van der Waals surface area contributed by atoms with Crippen LogP contribution in [0.2, 0.25) is 5.02 Å². The molecule has 0 aliphatic heterocycles. The number of ether oxygens (including phenoxy) is 1. The van der Waals surface area contributed by atoms with Crippen LogP contribution < -0.4 is 15.5 Å². The molecular weight excluding hydrogens is 414 g/mol. The van der Waals surface area contributed by atoms with Crippen molar-refractivity contribution in [3.05, 3.63) is 100 Å². The Balaban J connectivity index is 1.46. The van der Waals surface area contributed by atoms with Gasteiger partial charge in [0.25, 0.3) is 11.8 Å². The summed E-state index contributed by atoms with van der Waals surface area (Å²) in [6.45, 7) is 2.08. The van der Waals surface area contributed by atoms with Gasteiger partial charge in [-0.05, 0) is 53.9 Å². The summed E-state index contributed by atoms with van der Waals surface area (Å²) in [5.74, 6) is -0.0492. The summed E-state index contributed by atoms with van der Waals surface area (Å²) in [4.78, 5) is 24.1. The van der Waals surface area contributed by atoms with E-state index < -0.39 is 5.91 Å². The molecule has 0 heterocycles. The van der Waals surface area contributed by atoms with Crippen molar-refractivity contribution in [3.8, 4) is 5.75 Å². The summed E-state index contributed by atoms with van der Waals surface area (Å²) >= 11 is 5.88. The third kappa shape index (κ3) is 6.97. The minimum atomic E-state index is -0.423. The summed E-state index contributed by atoms with van der Waals surface area (Å²) in [6.07, 6.45) is 1.51. The van der Waals surface area contributed by atoms with Gasteiger partial charge >= 0.3 is 0 Å². The highest BCUT2D eigenvalue weighted by molar-refractivity contribution is 6.30. The number of amides is 2. The van der Waals surface area contributed by atoms with Crippen LogP contribution in [-0.4, -0.2) is 24.6 Å². The van der Waals surface area contributed by atoms with E-state index in [-0.39, 0.29) is 12.5 Å². The molecule has 0 atom stereocenters. The molecule has 0 aliphatic rings. The maximum atomic E-state index is 12.1. The van der Waals surface area contributed by atoms with Gasteiger partial charge in [0, 0.05) is 10.6 Å². The zero-order chi connectivity index (χ0) is 22.1. The van der Waals surface area contributed by atoms with E-state index in [2.05, 4.69) is 15.8 Å². The fraction of sp³-hybridized carbons (Fsp3) is 0.125. The zero-order valence-corrected chi connectivity index (χ0v) is 17.7. The number of halogens is 1. The van der Waals surface area contributed by atoms with Crippen LogP contribution in [0, 0.1) is 6.92 Å². The van der Waals surface area contributed by atoms with Gasteiger partial charge < -0.3 is 10.1 Å². The van der Waals surface area contributed by atoms with Crippen LogP contribution in [0.25, 0.3) is 0 Å². The Morgan fingerprint density at radius 2 is 1.81 bits per heavy atom. The van der Waals surface area contributed by atoms with Gasteiger partial charge in [0.15, 0.2) is 0 Å². The number of carbonyl (C=O) groups is 2. The van der Waals surface area contributed by atoms with Crippen LogP contribution in [0.4, 0.5) is 0 Å². The maximum Gasteiger partial charge on any atom is 0.259 e. The molecule has 0 saturated carbocycles. The lowest BCUT2D eigenvalue weighted by molar-refractivity contribution is -0.120. The standard InChI is InChI=1S/C24H22ClN3O3/c1-17-5-2-3-8-22(17)24(30)26-15-23(29)28-27-14-19-6-4-7-21(13-19)31-16-18-9-11-20(25)12-10-18/h2-14H,15-16H2,1H3,(H,26,30)(H,28,29). The van der Waals surface area contributed by atoms with Crippen LogP contribution in [0.3, 0.4) is 0 Å². The van der Waals surface area contributed by atoms with E-state index in [0.717, 1.165) is 16.7 Å². The van der Waals surface area contributed by atoms with Gasteiger partial charge in [0.2, 0.25) is 0 Å². The molecule has 6 nitrogen and oxygen atoms in total. The number of aryl methyl sites for hydroxylation is 1. The second-order valence-corrected chi connectivity index (χ2v) is 7.21. The van der Waals surface area contributed by atoms with Crippen molar-refractivity contribution in [1.29, 1.82) is 0 Å². The third-order valence-corrected chi connectivity index (χ3v) is 4.63. The Morgan fingerprint density at radius 1 is 1.03 bits per heavy atom. The predicted octanol–water partition coefficient (Wildman–Crippen LogP) is 4.11. The largest absolute Gasteiger partial charge is 0.489 e. The molecule has 0 unspecified atom stereocenters. The molecule has 0 radical (unpaired) electrons. The summed E-state index contributed by atoms with van der Waals surface area (Å²) < 4.78 is 5.78.